The molecule has 3 nitrogen and oxygen atoms in total. The summed E-state index contributed by atoms with van der Waals surface area (Å²) < 4.78 is 7.69. The number of rotatable bonds is 3. The number of aryl methyl sites for hydroxylation is 1. The number of halogens is 2. The van der Waals surface area contributed by atoms with E-state index in [9.17, 15) is 0 Å². The molecule has 0 radical (unpaired) electrons. The van der Waals surface area contributed by atoms with Crippen LogP contribution < -0.4 is 10.5 Å². The lowest BCUT2D eigenvalue weighted by Gasteiger charge is -2.11. The second-order valence-electron chi connectivity index (χ2n) is 4.07. The molecule has 3 N–H and O–H groups in total. The van der Waals surface area contributed by atoms with Crippen molar-refractivity contribution in [2.45, 2.75) is 6.92 Å². The molecule has 0 fully saturated rings. The maximum Gasteiger partial charge on any atom is 0.138 e. The number of amidine groups is 1. The molecule has 0 aromatic heterocycles. The summed E-state index contributed by atoms with van der Waals surface area (Å²) in [5, 5.41) is 7.58. The zero-order chi connectivity index (χ0) is 14.0. The summed E-state index contributed by atoms with van der Waals surface area (Å²) in [7, 11) is 0. The van der Waals surface area contributed by atoms with Crippen LogP contribution >= 0.6 is 31.9 Å². The molecule has 0 atom stereocenters. The quantitative estimate of drug-likeness (QED) is 0.601. The Bertz CT molecular complexity index is 641. The van der Waals surface area contributed by atoms with Gasteiger partial charge in [0.1, 0.15) is 17.3 Å². The summed E-state index contributed by atoms with van der Waals surface area (Å²) in [5.41, 5.74) is 7.21. The van der Waals surface area contributed by atoms with Crippen molar-refractivity contribution in [1.29, 1.82) is 5.41 Å². The molecule has 0 bridgehead atoms. The van der Waals surface area contributed by atoms with E-state index in [2.05, 4.69) is 31.9 Å². The van der Waals surface area contributed by atoms with Gasteiger partial charge in [-0.05, 0) is 48.9 Å². The first kappa shape index (κ1) is 14.1. The van der Waals surface area contributed by atoms with Gasteiger partial charge in [0, 0.05) is 8.95 Å². The lowest BCUT2D eigenvalue weighted by atomic mass is 10.2. The maximum atomic E-state index is 7.58. The number of hydrogen-bond acceptors (Lipinski definition) is 2. The summed E-state index contributed by atoms with van der Waals surface area (Å²) in [4.78, 5) is 0. The molecule has 0 amide bonds. The fourth-order valence-corrected chi connectivity index (χ4v) is 2.22. The van der Waals surface area contributed by atoms with Gasteiger partial charge in [0.05, 0.1) is 5.56 Å². The van der Waals surface area contributed by atoms with Crippen LogP contribution in [0.25, 0.3) is 0 Å². The molecule has 0 heterocycles. The molecule has 0 aliphatic rings. The number of benzene rings is 2. The van der Waals surface area contributed by atoms with Gasteiger partial charge in [0.15, 0.2) is 0 Å². The molecule has 5 heteroatoms. The Morgan fingerprint density at radius 1 is 1.16 bits per heavy atom. The first-order valence-electron chi connectivity index (χ1n) is 5.55. The minimum absolute atomic E-state index is 0.0230. The van der Waals surface area contributed by atoms with E-state index in [1.807, 2.05) is 31.2 Å². The molecule has 0 aliphatic heterocycles. The number of nitrogens with two attached hydrogens (primary N) is 1. The Morgan fingerprint density at radius 2 is 1.89 bits per heavy atom. The Kier molecular flexibility index (Phi) is 4.27. The fourth-order valence-electron chi connectivity index (χ4n) is 1.61. The van der Waals surface area contributed by atoms with Crippen LogP contribution in [-0.4, -0.2) is 5.84 Å². The van der Waals surface area contributed by atoms with Crippen molar-refractivity contribution in [2.75, 3.05) is 0 Å². The van der Waals surface area contributed by atoms with Crippen LogP contribution in [0, 0.1) is 12.3 Å². The largest absolute Gasteiger partial charge is 0.457 e. The molecular formula is C14H12Br2N2O. The average molecular weight is 384 g/mol. The standard InChI is InChI=1S/C14H12Br2N2O/c1-8-6-10(3-4-12(8)16)19-13-5-2-9(15)7-11(13)14(17)18/h2-7H,1H3,(H3,17,18). The summed E-state index contributed by atoms with van der Waals surface area (Å²) in [6.07, 6.45) is 0. The van der Waals surface area contributed by atoms with Crippen molar-refractivity contribution in [2.24, 2.45) is 5.73 Å². The van der Waals surface area contributed by atoms with E-state index in [4.69, 9.17) is 15.9 Å². The summed E-state index contributed by atoms with van der Waals surface area (Å²) in [6.45, 7) is 1.99. The highest BCUT2D eigenvalue weighted by molar-refractivity contribution is 9.10. The lowest BCUT2D eigenvalue weighted by Crippen LogP contribution is -2.12. The van der Waals surface area contributed by atoms with E-state index in [0.29, 0.717) is 17.1 Å². The van der Waals surface area contributed by atoms with Crippen LogP contribution in [0.2, 0.25) is 0 Å². The molecule has 2 aromatic rings. The molecule has 19 heavy (non-hydrogen) atoms. The van der Waals surface area contributed by atoms with E-state index in [-0.39, 0.29) is 5.84 Å². The Hall–Kier alpha value is -1.33. The van der Waals surface area contributed by atoms with Gasteiger partial charge < -0.3 is 10.5 Å². The summed E-state index contributed by atoms with van der Waals surface area (Å²) >= 11 is 6.80. The van der Waals surface area contributed by atoms with E-state index >= 15 is 0 Å². The zero-order valence-corrected chi connectivity index (χ0v) is 13.4. The molecule has 0 saturated heterocycles. The second-order valence-corrected chi connectivity index (χ2v) is 5.84. The van der Waals surface area contributed by atoms with E-state index in [1.165, 1.54) is 0 Å². The number of nitrogen functional groups attached to an aromatic ring is 1. The van der Waals surface area contributed by atoms with Crippen molar-refractivity contribution >= 4 is 37.7 Å². The highest BCUT2D eigenvalue weighted by Gasteiger charge is 2.09. The molecule has 2 rings (SSSR count). The van der Waals surface area contributed by atoms with Gasteiger partial charge in [0.2, 0.25) is 0 Å². The minimum atomic E-state index is -0.0230. The smallest absolute Gasteiger partial charge is 0.138 e. The molecule has 0 spiro atoms. The molecular weight excluding hydrogens is 372 g/mol. The van der Waals surface area contributed by atoms with Gasteiger partial charge >= 0.3 is 0 Å². The van der Waals surface area contributed by atoms with Crippen LogP contribution in [0.15, 0.2) is 45.3 Å². The fraction of sp³-hybridized carbons (Fsp3) is 0.0714. The van der Waals surface area contributed by atoms with Crippen LogP contribution in [0.3, 0.4) is 0 Å². The van der Waals surface area contributed by atoms with E-state index in [1.54, 1.807) is 12.1 Å². The van der Waals surface area contributed by atoms with Crippen LogP contribution in [0.1, 0.15) is 11.1 Å². The third-order valence-electron chi connectivity index (χ3n) is 2.59. The molecule has 0 aliphatic carbocycles. The van der Waals surface area contributed by atoms with Gasteiger partial charge in [-0.2, -0.15) is 0 Å². The van der Waals surface area contributed by atoms with Gasteiger partial charge in [-0.1, -0.05) is 31.9 Å². The molecule has 98 valence electrons. The molecule has 2 aromatic carbocycles. The third-order valence-corrected chi connectivity index (χ3v) is 3.97. The van der Waals surface area contributed by atoms with Gasteiger partial charge in [-0.15, -0.1) is 0 Å². The number of hydrogen-bond donors (Lipinski definition) is 2. The first-order valence-corrected chi connectivity index (χ1v) is 7.14. The topological polar surface area (TPSA) is 59.1 Å². The minimum Gasteiger partial charge on any atom is -0.457 e. The molecule has 0 saturated carbocycles. The third kappa shape index (κ3) is 3.36. The van der Waals surface area contributed by atoms with Crippen molar-refractivity contribution < 1.29 is 4.74 Å². The summed E-state index contributed by atoms with van der Waals surface area (Å²) in [5.74, 6) is 1.26. The van der Waals surface area contributed by atoms with E-state index in [0.717, 1.165) is 14.5 Å². The van der Waals surface area contributed by atoms with Crippen molar-refractivity contribution in [3.63, 3.8) is 0 Å². The van der Waals surface area contributed by atoms with Gasteiger partial charge in [0.25, 0.3) is 0 Å². The highest BCUT2D eigenvalue weighted by Crippen LogP contribution is 2.30. The SMILES string of the molecule is Cc1cc(Oc2ccc(Br)cc2C(=N)N)ccc1Br. The van der Waals surface area contributed by atoms with Crippen molar-refractivity contribution in [3.8, 4) is 11.5 Å². The van der Waals surface area contributed by atoms with E-state index < -0.39 is 0 Å². The molecule has 0 unspecified atom stereocenters. The highest BCUT2D eigenvalue weighted by atomic mass is 79.9. The normalized spacial score (nSPS) is 10.3. The van der Waals surface area contributed by atoms with Crippen LogP contribution in [-0.2, 0) is 0 Å². The van der Waals surface area contributed by atoms with Crippen molar-refractivity contribution in [1.82, 2.24) is 0 Å². The maximum absolute atomic E-state index is 7.58. The van der Waals surface area contributed by atoms with Crippen LogP contribution in [0.4, 0.5) is 0 Å². The number of nitrogens with one attached hydrogen (secondary N) is 1. The van der Waals surface area contributed by atoms with Crippen LogP contribution in [0.5, 0.6) is 11.5 Å². The second kappa shape index (κ2) is 5.75. The Morgan fingerprint density at radius 3 is 2.53 bits per heavy atom. The first-order chi connectivity index (χ1) is 8.97. The van der Waals surface area contributed by atoms with Crippen molar-refractivity contribution in [3.05, 3.63) is 56.5 Å². The number of ether oxygens (including phenoxy) is 1. The summed E-state index contributed by atoms with van der Waals surface area (Å²) in [6, 6.07) is 11.1. The predicted molar refractivity (Wildman–Crippen MR) is 84.1 cm³/mol. The van der Waals surface area contributed by atoms with Gasteiger partial charge in [-0.25, -0.2) is 0 Å². The Labute approximate surface area is 128 Å². The monoisotopic (exact) mass is 382 g/mol. The zero-order valence-electron chi connectivity index (χ0n) is 10.2. The lowest BCUT2D eigenvalue weighted by molar-refractivity contribution is 0.481. The Balaban J connectivity index is 2.37. The average Bonchev–Trinajstić information content (AvgIpc) is 2.36. The van der Waals surface area contributed by atoms with Gasteiger partial charge in [-0.3, -0.25) is 5.41 Å². The predicted octanol–water partition coefficient (Wildman–Crippen LogP) is 4.60.